The lowest BCUT2D eigenvalue weighted by molar-refractivity contribution is -0.145. The van der Waals surface area contributed by atoms with Crippen LogP contribution >= 0.6 is 0 Å². The highest BCUT2D eigenvalue weighted by Crippen LogP contribution is 2.10. The summed E-state index contributed by atoms with van der Waals surface area (Å²) < 4.78 is 15.9. The SMILES string of the molecule is CCCCCCCC/C=C\CCCCCCCC(=O)OCCOCCOCCCC(=O)CCC(=O)O. The number of carboxylic acid groups (broad SMARTS) is 1. The number of carbonyl (C=O) groups excluding carboxylic acids is 2. The molecule has 0 aromatic rings. The van der Waals surface area contributed by atoms with Crippen LogP contribution in [0.3, 0.4) is 0 Å². The van der Waals surface area contributed by atoms with Crippen molar-refractivity contribution in [3.63, 3.8) is 0 Å². The Kier molecular flexibility index (Phi) is 26.5. The van der Waals surface area contributed by atoms with Gasteiger partial charge in [0.25, 0.3) is 0 Å². The summed E-state index contributed by atoms with van der Waals surface area (Å²) in [4.78, 5) is 33.6. The first-order chi connectivity index (χ1) is 17.6. The number of Topliss-reactive ketones (excluding diaryl/α,β-unsaturated/α-hetero) is 1. The Balaban J connectivity index is 3.27. The van der Waals surface area contributed by atoms with Crippen LogP contribution in [0.1, 0.15) is 122 Å². The first-order valence-electron chi connectivity index (χ1n) is 14.3. The molecule has 7 heteroatoms. The molecule has 0 spiro atoms. The van der Waals surface area contributed by atoms with Crippen molar-refractivity contribution in [2.75, 3.05) is 33.0 Å². The van der Waals surface area contributed by atoms with E-state index in [4.69, 9.17) is 19.3 Å². The van der Waals surface area contributed by atoms with Crippen molar-refractivity contribution < 1.29 is 33.7 Å². The lowest BCUT2D eigenvalue weighted by Crippen LogP contribution is -2.13. The maximum absolute atomic E-state index is 11.8. The molecule has 0 heterocycles. The Morgan fingerprint density at radius 2 is 1.14 bits per heavy atom. The summed E-state index contributed by atoms with van der Waals surface area (Å²) in [6, 6.07) is 0. The lowest BCUT2D eigenvalue weighted by atomic mass is 10.1. The van der Waals surface area contributed by atoms with Crippen LogP contribution in [-0.2, 0) is 28.6 Å². The summed E-state index contributed by atoms with van der Waals surface area (Å²) >= 11 is 0. The highest BCUT2D eigenvalue weighted by Gasteiger charge is 2.05. The van der Waals surface area contributed by atoms with Gasteiger partial charge in [0.15, 0.2) is 0 Å². The van der Waals surface area contributed by atoms with Crippen molar-refractivity contribution in [3.8, 4) is 0 Å². The van der Waals surface area contributed by atoms with E-state index in [2.05, 4.69) is 19.1 Å². The second kappa shape index (κ2) is 27.9. The molecule has 0 radical (unpaired) electrons. The van der Waals surface area contributed by atoms with E-state index in [1.165, 1.54) is 57.8 Å². The fourth-order valence-electron chi connectivity index (χ4n) is 3.69. The molecule has 0 unspecified atom stereocenters. The number of hydrogen-bond donors (Lipinski definition) is 1. The number of ketones is 1. The number of carbonyl (C=O) groups is 3. The Bertz CT molecular complexity index is 560. The first-order valence-corrected chi connectivity index (χ1v) is 14.3. The average Bonchev–Trinajstić information content (AvgIpc) is 2.86. The third-order valence-electron chi connectivity index (χ3n) is 5.87. The van der Waals surface area contributed by atoms with Crippen molar-refractivity contribution in [1.29, 1.82) is 0 Å². The molecule has 0 rings (SSSR count). The van der Waals surface area contributed by atoms with Crippen LogP contribution < -0.4 is 0 Å². The molecule has 7 nitrogen and oxygen atoms in total. The van der Waals surface area contributed by atoms with E-state index in [9.17, 15) is 14.4 Å². The minimum atomic E-state index is -0.953. The topological polar surface area (TPSA) is 99.1 Å². The molecule has 0 bridgehead atoms. The molecule has 0 saturated carbocycles. The Morgan fingerprint density at radius 3 is 1.78 bits per heavy atom. The zero-order valence-electron chi connectivity index (χ0n) is 22.8. The molecule has 210 valence electrons. The smallest absolute Gasteiger partial charge is 0.305 e. The number of carboxylic acids is 1. The van der Waals surface area contributed by atoms with Crippen LogP contribution in [0.25, 0.3) is 0 Å². The van der Waals surface area contributed by atoms with Gasteiger partial charge in [-0.15, -0.1) is 0 Å². The summed E-state index contributed by atoms with van der Waals surface area (Å²) in [5, 5.41) is 8.53. The largest absolute Gasteiger partial charge is 0.481 e. The van der Waals surface area contributed by atoms with E-state index in [1.807, 2.05) is 0 Å². The van der Waals surface area contributed by atoms with E-state index in [1.54, 1.807) is 0 Å². The van der Waals surface area contributed by atoms with E-state index in [0.717, 1.165) is 25.7 Å². The molecule has 1 N–H and O–H groups in total. The molecule has 0 aliphatic heterocycles. The standard InChI is InChI=1S/C29H52O7/c1-2-3-4-5-6-7-8-9-10-11-12-13-14-15-16-19-29(33)36-26-25-35-24-23-34-22-17-18-27(30)20-21-28(31)32/h9-10H,2-8,11-26H2,1H3,(H,31,32)/b10-9-. The highest BCUT2D eigenvalue weighted by atomic mass is 16.6. The van der Waals surface area contributed by atoms with Gasteiger partial charge in [0.05, 0.1) is 26.2 Å². The van der Waals surface area contributed by atoms with Gasteiger partial charge in [-0.05, 0) is 38.5 Å². The second-order valence-corrected chi connectivity index (χ2v) is 9.32. The van der Waals surface area contributed by atoms with Gasteiger partial charge in [0.2, 0.25) is 0 Å². The number of allylic oxidation sites excluding steroid dienone is 2. The molecular weight excluding hydrogens is 460 g/mol. The number of hydrogen-bond acceptors (Lipinski definition) is 6. The monoisotopic (exact) mass is 512 g/mol. The van der Waals surface area contributed by atoms with Gasteiger partial charge in [-0.3, -0.25) is 14.4 Å². The van der Waals surface area contributed by atoms with Gasteiger partial charge >= 0.3 is 11.9 Å². The zero-order valence-corrected chi connectivity index (χ0v) is 22.8. The number of ether oxygens (including phenoxy) is 3. The van der Waals surface area contributed by atoms with Crippen LogP contribution in [0.5, 0.6) is 0 Å². The van der Waals surface area contributed by atoms with Crippen LogP contribution in [0.2, 0.25) is 0 Å². The number of unbranched alkanes of at least 4 members (excludes halogenated alkanes) is 11. The van der Waals surface area contributed by atoms with Crippen LogP contribution in [-0.4, -0.2) is 55.9 Å². The van der Waals surface area contributed by atoms with E-state index < -0.39 is 5.97 Å². The molecule has 0 aliphatic carbocycles. The minimum absolute atomic E-state index is 0.0548. The van der Waals surface area contributed by atoms with Gasteiger partial charge < -0.3 is 19.3 Å². The second-order valence-electron chi connectivity index (χ2n) is 9.32. The molecular formula is C29H52O7. The Labute approximate surface area is 219 Å². The molecule has 0 amide bonds. The zero-order chi connectivity index (χ0) is 26.5. The highest BCUT2D eigenvalue weighted by molar-refractivity contribution is 5.82. The normalized spacial score (nSPS) is 11.2. The maximum Gasteiger partial charge on any atom is 0.305 e. The van der Waals surface area contributed by atoms with Crippen molar-refractivity contribution >= 4 is 17.7 Å². The third kappa shape index (κ3) is 28.5. The van der Waals surface area contributed by atoms with Gasteiger partial charge in [-0.2, -0.15) is 0 Å². The fraction of sp³-hybridized carbons (Fsp3) is 0.828. The molecule has 0 aromatic carbocycles. The fourth-order valence-corrected chi connectivity index (χ4v) is 3.69. The number of rotatable bonds is 28. The predicted octanol–water partition coefficient (Wildman–Crippen LogP) is 6.81. The van der Waals surface area contributed by atoms with Crippen LogP contribution in [0, 0.1) is 0 Å². The summed E-state index contributed by atoms with van der Waals surface area (Å²) in [5.41, 5.74) is 0. The first kappa shape index (κ1) is 34.3. The van der Waals surface area contributed by atoms with Gasteiger partial charge in [-0.1, -0.05) is 70.4 Å². The van der Waals surface area contributed by atoms with Crippen LogP contribution in [0.4, 0.5) is 0 Å². The summed E-state index contributed by atoms with van der Waals surface area (Å²) in [7, 11) is 0. The summed E-state index contributed by atoms with van der Waals surface area (Å²) in [6.07, 6.45) is 22.1. The lowest BCUT2D eigenvalue weighted by Gasteiger charge is -2.07. The van der Waals surface area contributed by atoms with Crippen molar-refractivity contribution in [1.82, 2.24) is 0 Å². The summed E-state index contributed by atoms with van der Waals surface area (Å²) in [6.45, 7) is 4.10. The van der Waals surface area contributed by atoms with E-state index in [-0.39, 0.29) is 31.2 Å². The molecule has 36 heavy (non-hydrogen) atoms. The number of esters is 1. The molecule has 0 atom stereocenters. The van der Waals surface area contributed by atoms with E-state index >= 15 is 0 Å². The van der Waals surface area contributed by atoms with Crippen molar-refractivity contribution in [2.45, 2.75) is 122 Å². The number of aliphatic carboxylic acids is 1. The summed E-state index contributed by atoms with van der Waals surface area (Å²) in [5.74, 6) is -1.17. The van der Waals surface area contributed by atoms with Gasteiger partial charge in [0.1, 0.15) is 12.4 Å². The van der Waals surface area contributed by atoms with Gasteiger partial charge in [-0.25, -0.2) is 0 Å². The molecule has 0 saturated heterocycles. The quantitative estimate of drug-likeness (QED) is 0.0698. The van der Waals surface area contributed by atoms with E-state index in [0.29, 0.717) is 45.7 Å². The molecule has 0 aromatic heterocycles. The third-order valence-corrected chi connectivity index (χ3v) is 5.87. The average molecular weight is 513 g/mol. The predicted molar refractivity (Wildman–Crippen MR) is 143 cm³/mol. The minimum Gasteiger partial charge on any atom is -0.481 e. The van der Waals surface area contributed by atoms with Crippen molar-refractivity contribution in [2.24, 2.45) is 0 Å². The Morgan fingerprint density at radius 1 is 0.583 bits per heavy atom. The van der Waals surface area contributed by atoms with Crippen LogP contribution in [0.15, 0.2) is 12.2 Å². The van der Waals surface area contributed by atoms with Gasteiger partial charge in [0, 0.05) is 25.9 Å². The molecule has 0 fully saturated rings. The molecule has 0 aliphatic rings. The Hall–Kier alpha value is -1.73. The van der Waals surface area contributed by atoms with Crippen molar-refractivity contribution in [3.05, 3.63) is 12.2 Å². The maximum atomic E-state index is 11.8.